The third-order valence-corrected chi connectivity index (χ3v) is 3.51. The van der Waals surface area contributed by atoms with Gasteiger partial charge in [-0.2, -0.15) is 0 Å². The van der Waals surface area contributed by atoms with Crippen molar-refractivity contribution in [2.45, 2.75) is 64.5 Å². The molecule has 0 N–H and O–H groups in total. The smallest absolute Gasteiger partial charge is 0.303 e. The number of esters is 3. The van der Waals surface area contributed by atoms with E-state index in [1.807, 2.05) is 0 Å². The predicted octanol–water partition coefficient (Wildman–Crippen LogP) is 0.291. The number of hydrogen-bond donors (Lipinski definition) is 0. The van der Waals surface area contributed by atoms with Gasteiger partial charge in [-0.1, -0.05) is 0 Å². The summed E-state index contributed by atoms with van der Waals surface area (Å²) in [6, 6.07) is 0. The number of carbonyl (C=O) groups excluding carboxylic acids is 3. The minimum atomic E-state index is -1.44. The Kier molecular flexibility index (Phi) is 5.17. The van der Waals surface area contributed by atoms with E-state index < -0.39 is 47.8 Å². The monoisotopic (exact) mass is 346 g/mol. The Morgan fingerprint density at radius 3 is 2.12 bits per heavy atom. The van der Waals surface area contributed by atoms with E-state index in [4.69, 9.17) is 28.4 Å². The number of rotatable bonds is 5. The van der Waals surface area contributed by atoms with Crippen LogP contribution in [0.3, 0.4) is 0 Å². The Morgan fingerprint density at radius 1 is 0.958 bits per heavy atom. The van der Waals surface area contributed by atoms with Gasteiger partial charge in [-0.15, -0.1) is 0 Å². The molecule has 2 aliphatic rings. The lowest BCUT2D eigenvalue weighted by molar-refractivity contribution is -0.279. The molecular formula is C15H22O9. The summed E-state index contributed by atoms with van der Waals surface area (Å²) in [5.74, 6) is -4.05. The van der Waals surface area contributed by atoms with Crippen LogP contribution in [0.2, 0.25) is 0 Å². The summed E-state index contributed by atoms with van der Waals surface area (Å²) >= 11 is 0. The first kappa shape index (κ1) is 18.6. The summed E-state index contributed by atoms with van der Waals surface area (Å²) < 4.78 is 32.7. The van der Waals surface area contributed by atoms with Crippen LogP contribution >= 0.6 is 0 Å². The Labute approximate surface area is 139 Å². The van der Waals surface area contributed by atoms with Gasteiger partial charge in [-0.05, 0) is 13.8 Å². The standard InChI is InChI=1S/C15H22O9/c1-8(16)19-6-11-12(21-10(3)18)13-15(22-11,7-20-9(2)17)24-14(4,5)23-13/h11-13H,6-7H2,1-5H3. The fourth-order valence-electron chi connectivity index (χ4n) is 2.83. The number of fused-ring (bicyclic) bond motifs is 1. The third-order valence-electron chi connectivity index (χ3n) is 3.51. The van der Waals surface area contributed by atoms with Crippen molar-refractivity contribution < 1.29 is 42.8 Å². The van der Waals surface area contributed by atoms with Gasteiger partial charge >= 0.3 is 17.9 Å². The highest BCUT2D eigenvalue weighted by atomic mass is 16.9. The molecule has 2 rings (SSSR count). The Balaban J connectivity index is 2.25. The molecule has 0 aromatic rings. The van der Waals surface area contributed by atoms with E-state index in [1.54, 1.807) is 13.8 Å². The van der Waals surface area contributed by atoms with E-state index in [0.717, 1.165) is 0 Å². The van der Waals surface area contributed by atoms with E-state index in [1.165, 1.54) is 20.8 Å². The van der Waals surface area contributed by atoms with Crippen molar-refractivity contribution in [3.05, 3.63) is 0 Å². The summed E-state index contributed by atoms with van der Waals surface area (Å²) in [4.78, 5) is 33.7. The fourth-order valence-corrected chi connectivity index (χ4v) is 2.83. The van der Waals surface area contributed by atoms with Crippen molar-refractivity contribution in [2.24, 2.45) is 0 Å². The first-order valence-electron chi connectivity index (χ1n) is 7.54. The molecule has 2 aliphatic heterocycles. The second-order valence-corrected chi connectivity index (χ2v) is 6.17. The van der Waals surface area contributed by atoms with Gasteiger partial charge in [0.2, 0.25) is 5.79 Å². The first-order chi connectivity index (χ1) is 11.0. The SMILES string of the molecule is CC(=O)OCC1OC2(COC(C)=O)OC(C)(C)OC2C1OC(C)=O. The molecule has 4 atom stereocenters. The lowest BCUT2D eigenvalue weighted by atomic mass is 10.1. The maximum atomic E-state index is 11.4. The van der Waals surface area contributed by atoms with Crippen LogP contribution in [0, 0.1) is 0 Å². The summed E-state index contributed by atoms with van der Waals surface area (Å²) in [5, 5.41) is 0. The maximum absolute atomic E-state index is 11.4. The highest BCUT2D eigenvalue weighted by Gasteiger charge is 2.67. The Hall–Kier alpha value is -1.71. The van der Waals surface area contributed by atoms with Crippen LogP contribution in [-0.4, -0.2) is 61.0 Å². The molecular weight excluding hydrogens is 324 g/mol. The van der Waals surface area contributed by atoms with Crippen molar-refractivity contribution in [3.63, 3.8) is 0 Å². The van der Waals surface area contributed by atoms with Gasteiger partial charge in [0.15, 0.2) is 18.0 Å². The van der Waals surface area contributed by atoms with Crippen LogP contribution < -0.4 is 0 Å². The van der Waals surface area contributed by atoms with Gasteiger partial charge in [0.1, 0.15) is 19.3 Å². The molecule has 2 heterocycles. The molecule has 0 radical (unpaired) electrons. The normalized spacial score (nSPS) is 33.6. The second-order valence-electron chi connectivity index (χ2n) is 6.17. The van der Waals surface area contributed by atoms with Crippen LogP contribution in [0.5, 0.6) is 0 Å². The molecule has 2 saturated heterocycles. The van der Waals surface area contributed by atoms with Gasteiger partial charge < -0.3 is 28.4 Å². The van der Waals surface area contributed by atoms with Gasteiger partial charge in [0.05, 0.1) is 0 Å². The van der Waals surface area contributed by atoms with E-state index in [9.17, 15) is 14.4 Å². The van der Waals surface area contributed by atoms with E-state index in [-0.39, 0.29) is 13.2 Å². The first-order valence-corrected chi connectivity index (χ1v) is 7.54. The van der Waals surface area contributed by atoms with E-state index in [2.05, 4.69) is 0 Å². The maximum Gasteiger partial charge on any atom is 0.303 e. The third kappa shape index (κ3) is 4.03. The topological polar surface area (TPSA) is 107 Å². The van der Waals surface area contributed by atoms with Gasteiger partial charge in [0.25, 0.3) is 0 Å². The zero-order valence-electron chi connectivity index (χ0n) is 14.3. The zero-order chi connectivity index (χ0) is 18.1. The van der Waals surface area contributed by atoms with Crippen molar-refractivity contribution in [1.29, 1.82) is 0 Å². The van der Waals surface area contributed by atoms with Crippen LogP contribution in [0.1, 0.15) is 34.6 Å². The van der Waals surface area contributed by atoms with E-state index >= 15 is 0 Å². The van der Waals surface area contributed by atoms with Crippen LogP contribution in [0.15, 0.2) is 0 Å². The molecule has 24 heavy (non-hydrogen) atoms. The molecule has 9 nitrogen and oxygen atoms in total. The van der Waals surface area contributed by atoms with Crippen molar-refractivity contribution in [1.82, 2.24) is 0 Å². The van der Waals surface area contributed by atoms with Crippen LogP contribution in [-0.2, 0) is 42.8 Å². The lowest BCUT2D eigenvalue weighted by Gasteiger charge is -2.28. The molecule has 0 bridgehead atoms. The summed E-state index contributed by atoms with van der Waals surface area (Å²) in [6.45, 7) is 6.68. The average Bonchev–Trinajstić information content (AvgIpc) is 2.83. The molecule has 0 aliphatic carbocycles. The van der Waals surface area contributed by atoms with Crippen LogP contribution in [0.4, 0.5) is 0 Å². The molecule has 4 unspecified atom stereocenters. The summed E-state index contributed by atoms with van der Waals surface area (Å²) in [5.41, 5.74) is 0. The number of hydrogen-bond acceptors (Lipinski definition) is 9. The van der Waals surface area contributed by atoms with Crippen molar-refractivity contribution in [3.8, 4) is 0 Å². The summed E-state index contributed by atoms with van der Waals surface area (Å²) in [7, 11) is 0. The molecule has 0 aromatic carbocycles. The predicted molar refractivity (Wildman–Crippen MR) is 76.5 cm³/mol. The van der Waals surface area contributed by atoms with Gasteiger partial charge in [-0.3, -0.25) is 14.4 Å². The van der Waals surface area contributed by atoms with Crippen LogP contribution in [0.25, 0.3) is 0 Å². The minimum absolute atomic E-state index is 0.154. The quantitative estimate of drug-likeness (QED) is 0.513. The van der Waals surface area contributed by atoms with Gasteiger partial charge in [0, 0.05) is 20.8 Å². The van der Waals surface area contributed by atoms with Gasteiger partial charge in [-0.25, -0.2) is 0 Å². The number of carbonyl (C=O) groups is 3. The molecule has 2 fully saturated rings. The second kappa shape index (κ2) is 6.66. The fraction of sp³-hybridized carbons (Fsp3) is 0.800. The van der Waals surface area contributed by atoms with Crippen molar-refractivity contribution in [2.75, 3.05) is 13.2 Å². The molecule has 0 saturated carbocycles. The molecule has 136 valence electrons. The highest BCUT2D eigenvalue weighted by molar-refractivity contribution is 5.67. The van der Waals surface area contributed by atoms with Crippen molar-refractivity contribution >= 4 is 17.9 Å². The minimum Gasteiger partial charge on any atom is -0.463 e. The highest BCUT2D eigenvalue weighted by Crippen LogP contribution is 2.46. The molecule has 0 amide bonds. The lowest BCUT2D eigenvalue weighted by Crippen LogP contribution is -2.46. The Bertz CT molecular complexity index is 529. The largest absolute Gasteiger partial charge is 0.463 e. The summed E-state index contributed by atoms with van der Waals surface area (Å²) in [6.07, 6.45) is -2.52. The Morgan fingerprint density at radius 2 is 1.58 bits per heavy atom. The molecule has 9 heteroatoms. The zero-order valence-corrected chi connectivity index (χ0v) is 14.3. The molecule has 0 spiro atoms. The van der Waals surface area contributed by atoms with E-state index in [0.29, 0.717) is 0 Å². The average molecular weight is 346 g/mol. The number of ether oxygens (including phenoxy) is 6. The molecule has 0 aromatic heterocycles.